The lowest BCUT2D eigenvalue weighted by Crippen LogP contribution is -2.22. The van der Waals surface area contributed by atoms with Crippen LogP contribution in [0, 0.1) is 5.92 Å². The van der Waals surface area contributed by atoms with Crippen molar-refractivity contribution >= 4 is 29.0 Å². The van der Waals surface area contributed by atoms with Crippen molar-refractivity contribution in [3.8, 4) is 22.3 Å². The first-order chi connectivity index (χ1) is 22.2. The van der Waals surface area contributed by atoms with Crippen molar-refractivity contribution in [2.45, 2.75) is 94.9 Å². The van der Waals surface area contributed by atoms with E-state index in [0.717, 1.165) is 25.2 Å². The normalized spacial score (nSPS) is 23.8. The number of allylic oxidation sites excluding steroid dienone is 2. The minimum atomic E-state index is 0.129. The van der Waals surface area contributed by atoms with Gasteiger partial charge in [-0.15, -0.1) is 0 Å². The molecule has 0 saturated heterocycles. The van der Waals surface area contributed by atoms with E-state index in [1.54, 1.807) is 16.7 Å². The lowest BCUT2D eigenvalue weighted by atomic mass is 9.70. The summed E-state index contributed by atoms with van der Waals surface area (Å²) in [6.45, 7) is 0. The van der Waals surface area contributed by atoms with Crippen LogP contribution < -0.4 is 5.73 Å². The topological polar surface area (TPSA) is 26.0 Å². The summed E-state index contributed by atoms with van der Waals surface area (Å²) in [5.74, 6) is 2.10. The Morgan fingerprint density at radius 1 is 0.644 bits per heavy atom. The maximum Gasteiger partial charge on any atom is 0.0268 e. The average Bonchev–Trinajstić information content (AvgIpc) is 3.10. The van der Waals surface area contributed by atoms with E-state index in [1.807, 2.05) is 0 Å². The molecule has 0 aliphatic heterocycles. The second-order valence-corrected chi connectivity index (χ2v) is 14.6. The van der Waals surface area contributed by atoms with Crippen LogP contribution in [-0.2, 0) is 12.8 Å². The number of hydrogen-bond acceptors (Lipinski definition) is 1. The molecule has 5 aliphatic carbocycles. The van der Waals surface area contributed by atoms with Gasteiger partial charge < -0.3 is 5.73 Å². The van der Waals surface area contributed by atoms with Crippen molar-refractivity contribution in [2.24, 2.45) is 11.7 Å². The van der Waals surface area contributed by atoms with Crippen LogP contribution in [0.5, 0.6) is 0 Å². The van der Waals surface area contributed by atoms with E-state index in [4.69, 9.17) is 5.73 Å². The Morgan fingerprint density at radius 2 is 1.42 bits per heavy atom. The monoisotopic (exact) mass is 587 g/mol. The molecule has 1 heteroatoms. The van der Waals surface area contributed by atoms with Crippen LogP contribution in [0.4, 0.5) is 0 Å². The van der Waals surface area contributed by atoms with Crippen molar-refractivity contribution in [3.63, 3.8) is 0 Å². The van der Waals surface area contributed by atoms with Gasteiger partial charge in [0, 0.05) is 6.04 Å². The molecule has 0 heterocycles. The van der Waals surface area contributed by atoms with E-state index >= 15 is 0 Å². The molecular formula is C44H45N. The molecule has 3 atom stereocenters. The number of fused-ring (bicyclic) bond motifs is 6. The maximum atomic E-state index is 6.24. The number of nitrogens with two attached hydrogens (primary N) is 1. The molecule has 1 nitrogen and oxygen atoms in total. The molecule has 0 bridgehead atoms. The summed E-state index contributed by atoms with van der Waals surface area (Å²) in [6, 6.07) is 22.1. The Hall–Kier alpha value is -3.68. The smallest absolute Gasteiger partial charge is 0.0268 e. The highest BCUT2D eigenvalue weighted by Gasteiger charge is 2.30. The summed E-state index contributed by atoms with van der Waals surface area (Å²) in [4.78, 5) is 0. The molecule has 226 valence electrons. The molecule has 2 fully saturated rings. The third-order valence-corrected chi connectivity index (χ3v) is 11.9. The molecule has 2 N–H and O–H groups in total. The second-order valence-electron chi connectivity index (χ2n) is 14.6. The molecule has 45 heavy (non-hydrogen) atoms. The Morgan fingerprint density at radius 3 is 2.36 bits per heavy atom. The fourth-order valence-corrected chi connectivity index (χ4v) is 9.70. The number of hydrogen-bond donors (Lipinski definition) is 1. The van der Waals surface area contributed by atoms with Gasteiger partial charge in [0.2, 0.25) is 0 Å². The van der Waals surface area contributed by atoms with Crippen molar-refractivity contribution in [3.05, 3.63) is 112 Å². The van der Waals surface area contributed by atoms with E-state index in [0.29, 0.717) is 11.8 Å². The minimum Gasteiger partial charge on any atom is -0.324 e. The molecule has 0 spiro atoms. The second kappa shape index (κ2) is 11.3. The zero-order valence-electron chi connectivity index (χ0n) is 26.5. The third kappa shape index (κ3) is 4.78. The van der Waals surface area contributed by atoms with E-state index < -0.39 is 0 Å². The Balaban J connectivity index is 1.25. The summed E-state index contributed by atoms with van der Waals surface area (Å²) in [5, 5.41) is 2.93. The zero-order valence-corrected chi connectivity index (χ0v) is 26.5. The molecule has 0 amide bonds. The summed E-state index contributed by atoms with van der Waals surface area (Å²) in [6.07, 6.45) is 29.7. The average molecular weight is 588 g/mol. The van der Waals surface area contributed by atoms with Crippen LogP contribution in [0.1, 0.15) is 115 Å². The van der Waals surface area contributed by atoms with Gasteiger partial charge in [-0.1, -0.05) is 105 Å². The summed E-state index contributed by atoms with van der Waals surface area (Å²) < 4.78 is 0. The van der Waals surface area contributed by atoms with E-state index in [1.165, 1.54) is 113 Å². The van der Waals surface area contributed by atoms with Crippen LogP contribution in [0.25, 0.3) is 51.3 Å². The van der Waals surface area contributed by atoms with Crippen LogP contribution >= 0.6 is 0 Å². The van der Waals surface area contributed by atoms with Gasteiger partial charge in [0.05, 0.1) is 0 Å². The first kappa shape index (κ1) is 27.6. The summed E-state index contributed by atoms with van der Waals surface area (Å²) in [7, 11) is 0. The standard InChI is InChI=1S/C44H45N/c45-36-21-18-31-24-30(15-16-32(31)26-36)33-19-23-41-42(27-33)43(29-9-2-1-3-10-29)39-12-6-7-13-40(39)44(41)35-20-22-38-34(25-35)17-14-28-8-4-5-11-37(28)38/h7,13-25,27-29,36-37H,1-6,8-12,26,45H2. The SMILES string of the molecule is NC1C=Cc2cc(-c3ccc4c(-c5ccc6c(c5)C=CC5CCCCC65)c5c(c(C6CCCCC6)c4c3)CCC=C5)ccc2C1. The van der Waals surface area contributed by atoms with Crippen molar-refractivity contribution in [1.82, 2.24) is 0 Å². The maximum absolute atomic E-state index is 6.24. The van der Waals surface area contributed by atoms with Gasteiger partial charge in [-0.2, -0.15) is 0 Å². The van der Waals surface area contributed by atoms with E-state index in [-0.39, 0.29) is 6.04 Å². The zero-order chi connectivity index (χ0) is 29.9. The molecule has 4 aromatic rings. The lowest BCUT2D eigenvalue weighted by molar-refractivity contribution is 0.360. The Labute approximate surface area is 268 Å². The molecule has 4 aromatic carbocycles. The quantitative estimate of drug-likeness (QED) is 0.253. The first-order valence-corrected chi connectivity index (χ1v) is 17.9. The van der Waals surface area contributed by atoms with Crippen molar-refractivity contribution in [1.29, 1.82) is 0 Å². The Bertz CT molecular complexity index is 1890. The van der Waals surface area contributed by atoms with Gasteiger partial charge in [-0.3, -0.25) is 0 Å². The van der Waals surface area contributed by atoms with Crippen molar-refractivity contribution < 1.29 is 0 Å². The Kier molecular flexibility index (Phi) is 6.93. The highest BCUT2D eigenvalue weighted by Crippen LogP contribution is 2.49. The first-order valence-electron chi connectivity index (χ1n) is 17.9. The van der Waals surface area contributed by atoms with Gasteiger partial charge in [-0.25, -0.2) is 0 Å². The molecule has 5 aliphatic rings. The fourth-order valence-electron chi connectivity index (χ4n) is 9.70. The van der Waals surface area contributed by atoms with Crippen molar-refractivity contribution in [2.75, 3.05) is 0 Å². The van der Waals surface area contributed by atoms with Crippen LogP contribution in [0.2, 0.25) is 0 Å². The number of benzene rings is 4. The predicted octanol–water partition coefficient (Wildman–Crippen LogP) is 11.4. The molecular weight excluding hydrogens is 542 g/mol. The molecule has 2 saturated carbocycles. The highest BCUT2D eigenvalue weighted by atomic mass is 14.6. The minimum absolute atomic E-state index is 0.129. The molecule has 0 radical (unpaired) electrons. The highest BCUT2D eigenvalue weighted by molar-refractivity contribution is 6.06. The lowest BCUT2D eigenvalue weighted by Gasteiger charge is -2.34. The predicted molar refractivity (Wildman–Crippen MR) is 192 cm³/mol. The van der Waals surface area contributed by atoms with Crippen LogP contribution in [0.15, 0.2) is 72.8 Å². The van der Waals surface area contributed by atoms with Gasteiger partial charge in [0.15, 0.2) is 0 Å². The van der Waals surface area contributed by atoms with Crippen LogP contribution in [0.3, 0.4) is 0 Å². The molecule has 0 aromatic heterocycles. The van der Waals surface area contributed by atoms with E-state index in [9.17, 15) is 0 Å². The summed E-state index contributed by atoms with van der Waals surface area (Å²) >= 11 is 0. The summed E-state index contributed by atoms with van der Waals surface area (Å²) in [5.41, 5.74) is 22.2. The molecule has 3 unspecified atom stereocenters. The molecule has 9 rings (SSSR count). The van der Waals surface area contributed by atoms with Crippen LogP contribution in [-0.4, -0.2) is 6.04 Å². The van der Waals surface area contributed by atoms with Gasteiger partial charge in [0.1, 0.15) is 0 Å². The fraction of sp³-hybridized carbons (Fsp3) is 0.364. The third-order valence-electron chi connectivity index (χ3n) is 11.9. The van der Waals surface area contributed by atoms with Gasteiger partial charge in [-0.05, 0) is 153 Å². The van der Waals surface area contributed by atoms with E-state index in [2.05, 4.69) is 91.1 Å². The largest absolute Gasteiger partial charge is 0.324 e. The van der Waals surface area contributed by atoms with Gasteiger partial charge >= 0.3 is 0 Å². The van der Waals surface area contributed by atoms with Gasteiger partial charge in [0.25, 0.3) is 0 Å². The number of rotatable bonds is 3.